The van der Waals surface area contributed by atoms with Crippen molar-refractivity contribution in [3.63, 3.8) is 0 Å². The summed E-state index contributed by atoms with van der Waals surface area (Å²) in [5.74, 6) is 0.231. The van der Waals surface area contributed by atoms with Crippen LogP contribution in [0, 0.1) is 19.1 Å². The summed E-state index contributed by atoms with van der Waals surface area (Å²) in [7, 11) is 1.74. The Balaban J connectivity index is 3.40. The summed E-state index contributed by atoms with van der Waals surface area (Å²) in [6.45, 7) is 3.64. The molecule has 0 bridgehead atoms. The number of pyridine rings is 1. The van der Waals surface area contributed by atoms with Crippen molar-refractivity contribution in [3.05, 3.63) is 22.5 Å². The van der Waals surface area contributed by atoms with Crippen LogP contribution in [-0.4, -0.2) is 7.05 Å². The van der Waals surface area contributed by atoms with Crippen LogP contribution in [0.1, 0.15) is 11.3 Å². The number of nitrogens with two attached hydrogens (primary N) is 1. The maximum absolute atomic E-state index is 11.3. The third kappa shape index (κ3) is 1.15. The van der Waals surface area contributed by atoms with Crippen LogP contribution in [0.5, 0.6) is 0 Å². The molecular weight excluding hydrogens is 154 g/mol. The van der Waals surface area contributed by atoms with Gasteiger partial charge in [-0.1, -0.05) is 0 Å². The van der Waals surface area contributed by atoms with E-state index >= 15 is 0 Å². The minimum atomic E-state index is 0.231. The fourth-order valence-electron chi connectivity index (χ4n) is 1.26. The van der Waals surface area contributed by atoms with E-state index in [1.165, 1.54) is 0 Å². The number of nitrogen functional groups attached to an aromatic ring is 1. The Morgan fingerprint density at radius 3 is 2.58 bits per heavy atom. The van der Waals surface area contributed by atoms with E-state index in [9.17, 15) is 5.21 Å². The first kappa shape index (κ1) is 8.64. The molecule has 66 valence electrons. The molecule has 0 fully saturated rings. The summed E-state index contributed by atoms with van der Waals surface area (Å²) in [5, 5.41) is 14.1. The van der Waals surface area contributed by atoms with Crippen molar-refractivity contribution >= 4 is 11.5 Å². The molecule has 1 rings (SSSR count). The molecule has 12 heavy (non-hydrogen) atoms. The number of anilines is 2. The van der Waals surface area contributed by atoms with Crippen molar-refractivity contribution in [3.8, 4) is 0 Å². The molecule has 4 heteroatoms. The highest BCUT2D eigenvalue weighted by molar-refractivity contribution is 5.63. The second-order valence-electron chi connectivity index (χ2n) is 2.77. The highest BCUT2D eigenvalue weighted by Crippen LogP contribution is 2.18. The van der Waals surface area contributed by atoms with Crippen LogP contribution in [-0.2, 0) is 0 Å². The lowest BCUT2D eigenvalue weighted by Gasteiger charge is -2.13. The molecule has 0 aliphatic heterocycles. The predicted molar refractivity (Wildman–Crippen MR) is 48.8 cm³/mol. The zero-order valence-electron chi connectivity index (χ0n) is 7.51. The third-order valence-corrected chi connectivity index (χ3v) is 1.87. The lowest BCUT2D eigenvalue weighted by atomic mass is 10.2. The first-order valence-electron chi connectivity index (χ1n) is 3.75. The van der Waals surface area contributed by atoms with Crippen molar-refractivity contribution < 1.29 is 4.73 Å². The summed E-state index contributed by atoms with van der Waals surface area (Å²) < 4.78 is 0.721. The van der Waals surface area contributed by atoms with E-state index in [-0.39, 0.29) is 5.82 Å². The van der Waals surface area contributed by atoms with Crippen LogP contribution in [0.15, 0.2) is 6.07 Å². The number of aryl methyl sites for hydroxylation is 2. The maximum atomic E-state index is 11.3. The lowest BCUT2D eigenvalue weighted by molar-refractivity contribution is -0.596. The average molecular weight is 167 g/mol. The summed E-state index contributed by atoms with van der Waals surface area (Å²) in [6, 6.07) is 1.80. The van der Waals surface area contributed by atoms with Crippen LogP contribution in [0.25, 0.3) is 0 Å². The summed E-state index contributed by atoms with van der Waals surface area (Å²) in [6.07, 6.45) is 0. The lowest BCUT2D eigenvalue weighted by Crippen LogP contribution is -2.35. The molecule has 1 heterocycles. The van der Waals surface area contributed by atoms with Crippen LogP contribution in [0.3, 0.4) is 0 Å². The molecule has 1 aromatic heterocycles. The van der Waals surface area contributed by atoms with Crippen molar-refractivity contribution in [2.24, 2.45) is 0 Å². The van der Waals surface area contributed by atoms with Crippen LogP contribution in [0.2, 0.25) is 0 Å². The minimum absolute atomic E-state index is 0.231. The number of aromatic nitrogens is 1. The summed E-state index contributed by atoms with van der Waals surface area (Å²) >= 11 is 0. The van der Waals surface area contributed by atoms with Gasteiger partial charge in [-0.05, 0) is 25.5 Å². The van der Waals surface area contributed by atoms with Crippen LogP contribution < -0.4 is 15.8 Å². The monoisotopic (exact) mass is 167 g/mol. The van der Waals surface area contributed by atoms with E-state index in [1.54, 1.807) is 20.0 Å². The fraction of sp³-hybridized carbons (Fsp3) is 0.375. The molecule has 0 amide bonds. The highest BCUT2D eigenvalue weighted by atomic mass is 16.5. The second kappa shape index (κ2) is 2.89. The number of nitrogens with zero attached hydrogens (tertiary/aromatic N) is 1. The first-order valence-corrected chi connectivity index (χ1v) is 3.75. The van der Waals surface area contributed by atoms with E-state index in [1.807, 2.05) is 6.92 Å². The van der Waals surface area contributed by atoms with Crippen LogP contribution >= 0.6 is 0 Å². The van der Waals surface area contributed by atoms with Crippen molar-refractivity contribution in [2.75, 3.05) is 18.1 Å². The highest BCUT2D eigenvalue weighted by Gasteiger charge is 2.10. The Bertz CT molecular complexity index is 310. The Labute approximate surface area is 71.6 Å². The van der Waals surface area contributed by atoms with Crippen LogP contribution in [0.4, 0.5) is 11.5 Å². The Hall–Kier alpha value is -1.45. The van der Waals surface area contributed by atoms with E-state index in [0.29, 0.717) is 11.4 Å². The summed E-state index contributed by atoms with van der Waals surface area (Å²) in [5.41, 5.74) is 7.89. The van der Waals surface area contributed by atoms with Gasteiger partial charge in [0.05, 0.1) is 0 Å². The maximum Gasteiger partial charge on any atom is 0.299 e. The van der Waals surface area contributed by atoms with E-state index in [2.05, 4.69) is 5.32 Å². The van der Waals surface area contributed by atoms with Gasteiger partial charge >= 0.3 is 0 Å². The zero-order chi connectivity index (χ0) is 9.30. The molecule has 0 aromatic carbocycles. The second-order valence-corrected chi connectivity index (χ2v) is 2.77. The average Bonchev–Trinajstić information content (AvgIpc) is 2.01. The number of rotatable bonds is 1. The van der Waals surface area contributed by atoms with Gasteiger partial charge < -0.3 is 10.5 Å². The van der Waals surface area contributed by atoms with Crippen molar-refractivity contribution in [1.82, 2.24) is 0 Å². The fourth-order valence-corrected chi connectivity index (χ4v) is 1.26. The predicted octanol–water partition coefficient (Wildman–Crippen LogP) is 0.561. The minimum Gasteiger partial charge on any atom is -0.710 e. The standard InChI is InChI=1S/C8H13N3O/c1-5-4-6(2)11(12)8(9)7(5)10-3/h4,10H,9H2,1-3H3. The number of nitrogens with one attached hydrogen (secondary N) is 1. The molecule has 0 aliphatic rings. The van der Waals surface area contributed by atoms with Gasteiger partial charge in [-0.15, -0.1) is 0 Å². The van der Waals surface area contributed by atoms with Gasteiger partial charge in [0.1, 0.15) is 11.4 Å². The van der Waals surface area contributed by atoms with Gasteiger partial charge in [-0.25, -0.2) is 4.73 Å². The third-order valence-electron chi connectivity index (χ3n) is 1.87. The molecule has 0 unspecified atom stereocenters. The Morgan fingerprint density at radius 2 is 2.08 bits per heavy atom. The van der Waals surface area contributed by atoms with Crippen molar-refractivity contribution in [1.29, 1.82) is 0 Å². The molecule has 0 spiro atoms. The van der Waals surface area contributed by atoms with E-state index < -0.39 is 0 Å². The van der Waals surface area contributed by atoms with Gasteiger partial charge in [0.25, 0.3) is 5.82 Å². The Morgan fingerprint density at radius 1 is 1.50 bits per heavy atom. The van der Waals surface area contributed by atoms with E-state index in [0.717, 1.165) is 10.3 Å². The van der Waals surface area contributed by atoms with Gasteiger partial charge in [0, 0.05) is 7.05 Å². The molecular formula is C8H13N3O. The molecule has 0 saturated heterocycles. The number of hydrogen-bond donors (Lipinski definition) is 2. The molecule has 1 aromatic rings. The largest absolute Gasteiger partial charge is 0.710 e. The molecule has 3 N–H and O–H groups in total. The molecule has 0 radical (unpaired) electrons. The summed E-state index contributed by atoms with van der Waals surface area (Å²) in [4.78, 5) is 0. The van der Waals surface area contributed by atoms with Gasteiger partial charge in [0.2, 0.25) is 0 Å². The van der Waals surface area contributed by atoms with Gasteiger partial charge in [0.15, 0.2) is 0 Å². The van der Waals surface area contributed by atoms with E-state index in [4.69, 9.17) is 5.73 Å². The zero-order valence-corrected chi connectivity index (χ0v) is 7.51. The normalized spacial score (nSPS) is 9.92. The smallest absolute Gasteiger partial charge is 0.299 e. The molecule has 4 nitrogen and oxygen atoms in total. The van der Waals surface area contributed by atoms with Crippen molar-refractivity contribution in [2.45, 2.75) is 13.8 Å². The molecule has 0 aliphatic carbocycles. The number of hydrogen-bond acceptors (Lipinski definition) is 3. The molecule has 0 saturated carbocycles. The van der Waals surface area contributed by atoms with Gasteiger partial charge in [-0.2, -0.15) is 0 Å². The molecule has 0 atom stereocenters. The Kier molecular flexibility index (Phi) is 2.08. The SMILES string of the molecule is CNc1c(C)cc(C)[n+]([O-])c1N. The quantitative estimate of drug-likeness (QED) is 0.474. The topological polar surface area (TPSA) is 65.0 Å². The first-order chi connectivity index (χ1) is 5.57. The van der Waals surface area contributed by atoms with Gasteiger partial charge in [-0.3, -0.25) is 5.73 Å².